The summed E-state index contributed by atoms with van der Waals surface area (Å²) in [6, 6.07) is 4.96. The van der Waals surface area contributed by atoms with Crippen molar-refractivity contribution in [2.24, 2.45) is 4.99 Å². The van der Waals surface area contributed by atoms with Crippen LogP contribution in [0.3, 0.4) is 0 Å². The van der Waals surface area contributed by atoms with Gasteiger partial charge in [0.1, 0.15) is 5.82 Å². The summed E-state index contributed by atoms with van der Waals surface area (Å²) < 4.78 is 13.3. The van der Waals surface area contributed by atoms with E-state index < -0.39 is 0 Å². The van der Waals surface area contributed by atoms with Gasteiger partial charge in [0.25, 0.3) is 0 Å². The largest absolute Gasteiger partial charge is 0.356 e. The molecule has 0 aromatic heterocycles. The summed E-state index contributed by atoms with van der Waals surface area (Å²) in [6.45, 7) is 5.26. The van der Waals surface area contributed by atoms with E-state index in [-0.39, 0.29) is 42.2 Å². The zero-order valence-electron chi connectivity index (χ0n) is 14.9. The molecule has 0 spiro atoms. The highest BCUT2D eigenvalue weighted by Crippen LogP contribution is 2.09. The number of guanidine groups is 1. The van der Waals surface area contributed by atoms with Crippen molar-refractivity contribution >= 4 is 35.8 Å². The van der Waals surface area contributed by atoms with E-state index in [0.717, 1.165) is 24.9 Å². The zero-order valence-corrected chi connectivity index (χ0v) is 17.2. The van der Waals surface area contributed by atoms with E-state index >= 15 is 0 Å². The Morgan fingerprint density at radius 2 is 2.00 bits per heavy atom. The van der Waals surface area contributed by atoms with Gasteiger partial charge >= 0.3 is 0 Å². The highest BCUT2D eigenvalue weighted by atomic mass is 127. The Balaban J connectivity index is 0.00000529. The number of hydrogen-bond acceptors (Lipinski definition) is 2. The molecule has 0 unspecified atom stereocenters. The monoisotopic (exact) mass is 450 g/mol. The zero-order chi connectivity index (χ0) is 17.2. The number of aliphatic imine (C=N–C) groups is 1. The van der Waals surface area contributed by atoms with Crippen LogP contribution in [0.1, 0.15) is 30.9 Å². The maximum Gasteiger partial charge on any atom is 0.241 e. The lowest BCUT2D eigenvalue weighted by molar-refractivity contribution is -0.127. The number of unbranched alkanes of at least 4 members (excludes halogenated alkanes) is 1. The van der Waals surface area contributed by atoms with Gasteiger partial charge in [0, 0.05) is 20.6 Å². The number of amides is 1. The molecule has 0 aliphatic rings. The Bertz CT molecular complexity index is 549. The second-order valence-electron chi connectivity index (χ2n) is 5.67. The maximum atomic E-state index is 13.3. The van der Waals surface area contributed by atoms with Crippen molar-refractivity contribution in [1.29, 1.82) is 0 Å². The van der Waals surface area contributed by atoms with Crippen LogP contribution in [-0.2, 0) is 11.3 Å². The predicted octanol–water partition coefficient (Wildman–Crippen LogP) is 2.68. The minimum Gasteiger partial charge on any atom is -0.356 e. The Kier molecular flexibility index (Phi) is 11.4. The number of hydrogen-bond donors (Lipinski definition) is 2. The standard InChI is InChI=1S/C17H27FN4O.HI/c1-5-6-9-19-17(21-12-16(23)22(3)4)20-11-14-7-8-15(18)13(2)10-14;/h7-8,10H,5-6,9,11-12H2,1-4H3,(H2,19,20,21);1H. The average molecular weight is 450 g/mol. The number of nitrogens with one attached hydrogen (secondary N) is 2. The molecule has 7 heteroatoms. The summed E-state index contributed by atoms with van der Waals surface area (Å²) >= 11 is 0. The van der Waals surface area contributed by atoms with Crippen LogP contribution in [0.25, 0.3) is 0 Å². The van der Waals surface area contributed by atoms with Gasteiger partial charge < -0.3 is 15.5 Å². The average Bonchev–Trinajstić information content (AvgIpc) is 2.52. The molecule has 0 fully saturated rings. The summed E-state index contributed by atoms with van der Waals surface area (Å²) in [6.07, 6.45) is 2.10. The summed E-state index contributed by atoms with van der Waals surface area (Å²) in [4.78, 5) is 17.7. The highest BCUT2D eigenvalue weighted by molar-refractivity contribution is 14.0. The molecule has 1 amide bonds. The van der Waals surface area contributed by atoms with E-state index in [0.29, 0.717) is 18.1 Å². The lowest BCUT2D eigenvalue weighted by atomic mass is 10.1. The van der Waals surface area contributed by atoms with Gasteiger partial charge in [-0.1, -0.05) is 25.5 Å². The van der Waals surface area contributed by atoms with Crippen molar-refractivity contribution in [3.8, 4) is 0 Å². The first kappa shape index (κ1) is 22.6. The predicted molar refractivity (Wildman–Crippen MR) is 107 cm³/mol. The molecule has 0 saturated heterocycles. The Labute approximate surface area is 161 Å². The van der Waals surface area contributed by atoms with Crippen LogP contribution >= 0.6 is 24.0 Å². The number of nitrogens with zero attached hydrogens (tertiary/aromatic N) is 2. The first-order chi connectivity index (χ1) is 10.9. The molecule has 5 nitrogen and oxygen atoms in total. The van der Waals surface area contributed by atoms with E-state index in [1.165, 1.54) is 11.0 Å². The van der Waals surface area contributed by atoms with Gasteiger partial charge in [-0.15, -0.1) is 24.0 Å². The fraction of sp³-hybridized carbons (Fsp3) is 0.529. The van der Waals surface area contributed by atoms with Crippen molar-refractivity contribution in [1.82, 2.24) is 15.5 Å². The van der Waals surface area contributed by atoms with E-state index in [9.17, 15) is 9.18 Å². The fourth-order valence-electron chi connectivity index (χ4n) is 1.85. The molecule has 1 rings (SSSR count). The number of rotatable bonds is 7. The first-order valence-electron chi connectivity index (χ1n) is 7.91. The normalized spacial score (nSPS) is 10.8. The van der Waals surface area contributed by atoms with Gasteiger partial charge in [-0.05, 0) is 30.5 Å². The SMILES string of the molecule is CCCCNC(=NCc1ccc(F)c(C)c1)NCC(=O)N(C)C.I. The lowest BCUT2D eigenvalue weighted by Crippen LogP contribution is -2.43. The number of halogens is 2. The van der Waals surface area contributed by atoms with Gasteiger partial charge in [-0.3, -0.25) is 4.79 Å². The Hall–Kier alpha value is -1.38. The van der Waals surface area contributed by atoms with Gasteiger partial charge in [-0.2, -0.15) is 0 Å². The third-order valence-electron chi connectivity index (χ3n) is 3.37. The highest BCUT2D eigenvalue weighted by Gasteiger charge is 2.06. The van der Waals surface area contributed by atoms with Crippen LogP contribution in [0.15, 0.2) is 23.2 Å². The van der Waals surface area contributed by atoms with Gasteiger partial charge in [0.05, 0.1) is 13.1 Å². The second kappa shape index (κ2) is 12.0. The van der Waals surface area contributed by atoms with Crippen LogP contribution in [0.2, 0.25) is 0 Å². The van der Waals surface area contributed by atoms with Crippen LogP contribution in [0.4, 0.5) is 4.39 Å². The van der Waals surface area contributed by atoms with Gasteiger partial charge in [0.15, 0.2) is 5.96 Å². The molecule has 0 atom stereocenters. The summed E-state index contributed by atoms with van der Waals surface area (Å²) in [5.41, 5.74) is 1.54. The maximum absolute atomic E-state index is 13.3. The van der Waals surface area contributed by atoms with Crippen molar-refractivity contribution in [2.45, 2.75) is 33.2 Å². The second-order valence-corrected chi connectivity index (χ2v) is 5.67. The molecule has 136 valence electrons. The number of carbonyl (C=O) groups excluding carboxylic acids is 1. The molecular formula is C17H28FIN4O. The third-order valence-corrected chi connectivity index (χ3v) is 3.37. The van der Waals surface area contributed by atoms with E-state index in [1.807, 2.05) is 0 Å². The number of benzene rings is 1. The van der Waals surface area contributed by atoms with Crippen molar-refractivity contribution in [3.63, 3.8) is 0 Å². The number of carbonyl (C=O) groups is 1. The van der Waals surface area contributed by atoms with Crippen molar-refractivity contribution in [2.75, 3.05) is 27.2 Å². The van der Waals surface area contributed by atoms with Crippen molar-refractivity contribution in [3.05, 3.63) is 35.1 Å². The number of likely N-dealkylation sites (N-methyl/N-ethyl adjacent to an activating group) is 1. The quantitative estimate of drug-likeness (QED) is 0.291. The minimum atomic E-state index is -0.214. The van der Waals surface area contributed by atoms with Crippen molar-refractivity contribution < 1.29 is 9.18 Å². The molecule has 2 N–H and O–H groups in total. The third kappa shape index (κ3) is 8.47. The first-order valence-corrected chi connectivity index (χ1v) is 7.91. The van der Waals surface area contributed by atoms with Crippen LogP contribution in [-0.4, -0.2) is 44.0 Å². The van der Waals surface area contributed by atoms with Gasteiger partial charge in [0.2, 0.25) is 5.91 Å². The van der Waals surface area contributed by atoms with Crippen LogP contribution < -0.4 is 10.6 Å². The molecular weight excluding hydrogens is 422 g/mol. The summed E-state index contributed by atoms with van der Waals surface area (Å²) in [5.74, 6) is 0.358. The lowest BCUT2D eigenvalue weighted by Gasteiger charge is -2.15. The molecule has 0 radical (unpaired) electrons. The molecule has 0 saturated carbocycles. The van der Waals surface area contributed by atoms with E-state index in [1.54, 1.807) is 33.2 Å². The summed E-state index contributed by atoms with van der Waals surface area (Å²) in [5, 5.41) is 6.23. The van der Waals surface area contributed by atoms with Crippen LogP contribution in [0, 0.1) is 12.7 Å². The smallest absolute Gasteiger partial charge is 0.241 e. The Morgan fingerprint density at radius 3 is 2.58 bits per heavy atom. The number of aryl methyl sites for hydroxylation is 1. The fourth-order valence-corrected chi connectivity index (χ4v) is 1.85. The minimum absolute atomic E-state index is 0. The molecule has 1 aromatic rings. The summed E-state index contributed by atoms with van der Waals surface area (Å²) in [7, 11) is 3.43. The molecule has 0 bridgehead atoms. The molecule has 1 aromatic carbocycles. The molecule has 0 aliphatic carbocycles. The topological polar surface area (TPSA) is 56.7 Å². The van der Waals surface area contributed by atoms with E-state index in [2.05, 4.69) is 22.5 Å². The van der Waals surface area contributed by atoms with Crippen LogP contribution in [0.5, 0.6) is 0 Å². The van der Waals surface area contributed by atoms with E-state index in [4.69, 9.17) is 0 Å². The van der Waals surface area contributed by atoms with Gasteiger partial charge in [-0.25, -0.2) is 9.38 Å². The molecule has 0 aliphatic heterocycles. The Morgan fingerprint density at radius 1 is 1.29 bits per heavy atom. The molecule has 24 heavy (non-hydrogen) atoms. The molecule has 0 heterocycles.